The largest absolute Gasteiger partial charge is 0.573 e. The van der Waals surface area contributed by atoms with Crippen LogP contribution in [0.1, 0.15) is 68.6 Å². The standard InChI is InChI=1S/C28H32F3NO5/c1-3-35-25-14-19-18-9-10-27(2)22(7-8-26(27)34)20(18)12-23(21(19)13-24(25)33)32-36-15-16-5-4-6-17(11-16)37-28(29,30)31/h4-6,11,13-14,18,20,22,26,33-34H,3,7-10,12,15H2,1-2H3/t18-,20-,22+,26?,27+/m1/s1. The van der Waals surface area contributed by atoms with Gasteiger partial charge in [-0.2, -0.15) is 0 Å². The molecule has 2 fully saturated rings. The number of nitrogens with zero attached hydrogens (tertiary/aromatic N) is 1. The van der Waals surface area contributed by atoms with Crippen molar-refractivity contribution in [1.82, 2.24) is 0 Å². The molecule has 3 aliphatic carbocycles. The van der Waals surface area contributed by atoms with Gasteiger partial charge in [0.1, 0.15) is 12.4 Å². The lowest BCUT2D eigenvalue weighted by molar-refractivity contribution is -0.274. The molecule has 1 unspecified atom stereocenters. The Bertz CT molecular complexity index is 1180. The zero-order chi connectivity index (χ0) is 26.4. The van der Waals surface area contributed by atoms with Crippen LogP contribution in [0.15, 0.2) is 41.6 Å². The number of aromatic hydroxyl groups is 1. The molecule has 2 aromatic carbocycles. The number of phenolic OH excluding ortho intramolecular Hbond substituents is 1. The topological polar surface area (TPSA) is 80.5 Å². The number of hydrogen-bond donors (Lipinski definition) is 2. The van der Waals surface area contributed by atoms with Crippen molar-refractivity contribution < 1.29 is 37.7 Å². The summed E-state index contributed by atoms with van der Waals surface area (Å²) >= 11 is 0. The molecule has 2 saturated carbocycles. The van der Waals surface area contributed by atoms with Crippen molar-refractivity contribution in [2.24, 2.45) is 22.4 Å². The first-order chi connectivity index (χ1) is 17.6. The molecule has 37 heavy (non-hydrogen) atoms. The molecule has 0 bridgehead atoms. The quantitative estimate of drug-likeness (QED) is 0.439. The molecular weight excluding hydrogens is 487 g/mol. The molecule has 2 aromatic rings. The Kier molecular flexibility index (Phi) is 6.77. The molecule has 0 aliphatic heterocycles. The van der Waals surface area contributed by atoms with E-state index in [1.807, 2.05) is 13.0 Å². The first kappa shape index (κ1) is 25.7. The zero-order valence-electron chi connectivity index (χ0n) is 20.9. The molecule has 0 radical (unpaired) electrons. The van der Waals surface area contributed by atoms with Crippen LogP contribution in [-0.2, 0) is 11.4 Å². The van der Waals surface area contributed by atoms with Gasteiger partial charge in [0.05, 0.1) is 18.4 Å². The highest BCUT2D eigenvalue weighted by molar-refractivity contribution is 6.03. The van der Waals surface area contributed by atoms with Crippen LogP contribution < -0.4 is 9.47 Å². The number of oxime groups is 1. The molecule has 0 amide bonds. The maximum Gasteiger partial charge on any atom is 0.573 e. The van der Waals surface area contributed by atoms with Crippen LogP contribution in [0.4, 0.5) is 13.2 Å². The minimum atomic E-state index is -4.77. The van der Waals surface area contributed by atoms with Crippen molar-refractivity contribution in [3.63, 3.8) is 0 Å². The van der Waals surface area contributed by atoms with Crippen molar-refractivity contribution in [2.75, 3.05) is 6.61 Å². The third kappa shape index (κ3) is 4.98. The highest BCUT2D eigenvalue weighted by atomic mass is 19.4. The number of halogens is 3. The number of hydrogen-bond acceptors (Lipinski definition) is 6. The van der Waals surface area contributed by atoms with Gasteiger partial charge in [-0.3, -0.25) is 0 Å². The first-order valence-corrected chi connectivity index (χ1v) is 12.8. The lowest BCUT2D eigenvalue weighted by Crippen LogP contribution is -2.45. The fraction of sp³-hybridized carbons (Fsp3) is 0.536. The van der Waals surface area contributed by atoms with Gasteiger partial charge in [0.25, 0.3) is 0 Å². The second-order valence-corrected chi connectivity index (χ2v) is 10.6. The van der Waals surface area contributed by atoms with Crippen LogP contribution in [0.5, 0.6) is 17.2 Å². The molecule has 0 heterocycles. The molecular formula is C28H32F3NO5. The van der Waals surface area contributed by atoms with Crippen LogP contribution in [0.2, 0.25) is 0 Å². The third-order valence-electron chi connectivity index (χ3n) is 8.50. The summed E-state index contributed by atoms with van der Waals surface area (Å²) in [4.78, 5) is 5.64. The number of benzene rings is 2. The van der Waals surface area contributed by atoms with Crippen molar-refractivity contribution in [3.8, 4) is 17.2 Å². The highest BCUT2D eigenvalue weighted by Crippen LogP contribution is 2.61. The third-order valence-corrected chi connectivity index (χ3v) is 8.50. The van der Waals surface area contributed by atoms with Gasteiger partial charge in [0.2, 0.25) is 0 Å². The highest BCUT2D eigenvalue weighted by Gasteiger charge is 2.55. The van der Waals surface area contributed by atoms with E-state index in [-0.39, 0.29) is 41.5 Å². The van der Waals surface area contributed by atoms with E-state index in [2.05, 4.69) is 16.8 Å². The summed E-state index contributed by atoms with van der Waals surface area (Å²) in [6, 6.07) is 9.19. The Morgan fingerprint density at radius 1 is 1.14 bits per heavy atom. The number of aliphatic hydroxyl groups excluding tert-OH is 1. The van der Waals surface area contributed by atoms with Gasteiger partial charge in [0, 0.05) is 5.56 Å². The fourth-order valence-electron chi connectivity index (χ4n) is 6.78. The van der Waals surface area contributed by atoms with Gasteiger partial charge in [-0.05, 0) is 97.6 Å². The molecule has 3 aliphatic rings. The second kappa shape index (κ2) is 9.74. The van der Waals surface area contributed by atoms with Crippen LogP contribution >= 0.6 is 0 Å². The normalized spacial score (nSPS) is 29.8. The first-order valence-electron chi connectivity index (χ1n) is 12.8. The average Bonchev–Trinajstić information content (AvgIpc) is 3.14. The number of ether oxygens (including phenoxy) is 2. The predicted molar refractivity (Wildman–Crippen MR) is 131 cm³/mol. The number of fused-ring (bicyclic) bond motifs is 5. The van der Waals surface area contributed by atoms with Gasteiger partial charge in [-0.25, -0.2) is 0 Å². The molecule has 2 N–H and O–H groups in total. The Morgan fingerprint density at radius 3 is 2.70 bits per heavy atom. The summed E-state index contributed by atoms with van der Waals surface area (Å²) in [6.07, 6.45) is -0.855. The molecule has 6 nitrogen and oxygen atoms in total. The summed E-state index contributed by atoms with van der Waals surface area (Å²) in [5, 5.41) is 25.8. The van der Waals surface area contributed by atoms with Crippen molar-refractivity contribution in [1.29, 1.82) is 0 Å². The SMILES string of the molecule is CCOc1cc2c(cc1O)C(=NOCc1cccc(OC(F)(F)F)c1)C[C@@H]1[C@@H]2CC[C@]2(C)C(O)CC[C@@H]12. The second-order valence-electron chi connectivity index (χ2n) is 10.6. The molecule has 0 saturated heterocycles. The van der Waals surface area contributed by atoms with E-state index in [0.717, 1.165) is 36.8 Å². The van der Waals surface area contributed by atoms with Crippen molar-refractivity contribution in [3.05, 3.63) is 53.1 Å². The lowest BCUT2D eigenvalue weighted by atomic mass is 9.55. The molecule has 9 heteroatoms. The minimum absolute atomic E-state index is 0.0284. The number of phenols is 1. The van der Waals surface area contributed by atoms with E-state index in [1.165, 1.54) is 18.2 Å². The van der Waals surface area contributed by atoms with Gasteiger partial charge >= 0.3 is 6.36 Å². The Morgan fingerprint density at radius 2 is 1.95 bits per heavy atom. The Balaban J connectivity index is 1.44. The van der Waals surface area contributed by atoms with E-state index in [1.54, 1.807) is 12.1 Å². The minimum Gasteiger partial charge on any atom is -0.504 e. The van der Waals surface area contributed by atoms with Crippen molar-refractivity contribution in [2.45, 2.75) is 70.9 Å². The van der Waals surface area contributed by atoms with Gasteiger partial charge in [0.15, 0.2) is 11.5 Å². The van der Waals surface area contributed by atoms with Gasteiger partial charge < -0.3 is 24.5 Å². The maximum absolute atomic E-state index is 12.6. The van der Waals surface area contributed by atoms with E-state index in [0.29, 0.717) is 36.0 Å². The number of aliphatic hydroxyl groups is 1. The van der Waals surface area contributed by atoms with Crippen molar-refractivity contribution >= 4 is 5.71 Å². The van der Waals surface area contributed by atoms with Crippen LogP contribution in [0.3, 0.4) is 0 Å². The van der Waals surface area contributed by atoms with Gasteiger partial charge in [-0.15, -0.1) is 13.2 Å². The van der Waals surface area contributed by atoms with Crippen LogP contribution in [0.25, 0.3) is 0 Å². The molecule has 5 rings (SSSR count). The van der Waals surface area contributed by atoms with Crippen LogP contribution in [-0.4, -0.2) is 35.0 Å². The lowest BCUT2D eigenvalue weighted by Gasteiger charge is -2.50. The van der Waals surface area contributed by atoms with E-state index in [9.17, 15) is 23.4 Å². The average molecular weight is 520 g/mol. The molecule has 5 atom stereocenters. The summed E-state index contributed by atoms with van der Waals surface area (Å²) in [5.41, 5.74) is 2.90. The Hall–Kier alpha value is -2.94. The van der Waals surface area contributed by atoms with Gasteiger partial charge in [-0.1, -0.05) is 24.2 Å². The molecule has 0 spiro atoms. The maximum atomic E-state index is 12.6. The molecule has 200 valence electrons. The fourth-order valence-corrected chi connectivity index (χ4v) is 6.78. The predicted octanol–water partition coefficient (Wildman–Crippen LogP) is 6.28. The monoisotopic (exact) mass is 519 g/mol. The summed E-state index contributed by atoms with van der Waals surface area (Å²) < 4.78 is 47.4. The van der Waals surface area contributed by atoms with E-state index >= 15 is 0 Å². The van der Waals surface area contributed by atoms with E-state index < -0.39 is 6.36 Å². The number of rotatable bonds is 6. The smallest absolute Gasteiger partial charge is 0.504 e. The summed E-state index contributed by atoms with van der Waals surface area (Å²) in [5.74, 6) is 0.993. The molecule has 0 aromatic heterocycles. The number of alkyl halides is 3. The summed E-state index contributed by atoms with van der Waals surface area (Å²) in [6.45, 7) is 4.44. The Labute approximate surface area is 214 Å². The van der Waals surface area contributed by atoms with E-state index in [4.69, 9.17) is 9.57 Å². The van der Waals surface area contributed by atoms with Crippen LogP contribution in [0, 0.1) is 17.3 Å². The summed E-state index contributed by atoms with van der Waals surface area (Å²) in [7, 11) is 0. The zero-order valence-corrected chi connectivity index (χ0v) is 20.9.